The van der Waals surface area contributed by atoms with Gasteiger partial charge in [-0.2, -0.15) is 8.78 Å². The molecule has 4 rings (SSSR count). The van der Waals surface area contributed by atoms with Gasteiger partial charge in [0.15, 0.2) is 22.7 Å². The molecule has 1 aliphatic rings. The first-order chi connectivity index (χ1) is 12.2. The van der Waals surface area contributed by atoms with Crippen LogP contribution in [0.1, 0.15) is 32.6 Å². The fourth-order valence-corrected chi connectivity index (χ4v) is 2.84. The molecular formula is C20H20F2O3. The Bertz CT molecular complexity index is 912. The summed E-state index contributed by atoms with van der Waals surface area (Å²) in [6.45, 7) is 2.98. The van der Waals surface area contributed by atoms with Crippen LogP contribution in [-0.4, -0.2) is 13.2 Å². The van der Waals surface area contributed by atoms with Gasteiger partial charge in [-0.15, -0.1) is 0 Å². The number of halogens is 2. The number of unbranched alkanes of at least 4 members (excludes halogenated alkanes) is 1. The van der Waals surface area contributed by atoms with Crippen LogP contribution < -0.4 is 9.47 Å². The van der Waals surface area contributed by atoms with Gasteiger partial charge in [0.05, 0.1) is 13.2 Å². The molecule has 1 aliphatic carbocycles. The average molecular weight is 346 g/mol. The zero-order valence-electron chi connectivity index (χ0n) is 14.1. The smallest absolute Gasteiger partial charge is 0.208 e. The predicted molar refractivity (Wildman–Crippen MR) is 92.3 cm³/mol. The summed E-state index contributed by atoms with van der Waals surface area (Å²) >= 11 is 0. The van der Waals surface area contributed by atoms with Crippen LogP contribution in [0.5, 0.6) is 11.5 Å². The molecule has 0 bridgehead atoms. The molecule has 0 radical (unpaired) electrons. The number of hydrogen-bond donors (Lipinski definition) is 0. The molecule has 1 aromatic heterocycles. The van der Waals surface area contributed by atoms with Crippen molar-refractivity contribution in [3.63, 3.8) is 0 Å². The molecule has 0 saturated heterocycles. The van der Waals surface area contributed by atoms with Gasteiger partial charge in [-0.05, 0) is 49.4 Å². The third-order valence-electron chi connectivity index (χ3n) is 4.54. The molecule has 0 spiro atoms. The molecule has 2 aromatic carbocycles. The zero-order chi connectivity index (χ0) is 17.4. The standard InChI is InChI=1S/C20H20F2O3/c1-2-3-10-23-15-8-6-13-14-7-9-16(24-11-12-4-5-12)18(22)20(14)25-19(13)17(15)21/h6-9,12H,2-5,10-11H2,1H3. The molecule has 0 N–H and O–H groups in total. The Hall–Kier alpha value is -2.30. The van der Waals surface area contributed by atoms with E-state index in [1.54, 1.807) is 24.3 Å². The van der Waals surface area contributed by atoms with E-state index in [4.69, 9.17) is 13.9 Å². The number of fused-ring (bicyclic) bond motifs is 3. The van der Waals surface area contributed by atoms with E-state index < -0.39 is 11.6 Å². The SMILES string of the molecule is CCCCOc1ccc2c(oc3c(F)c(OCC4CC4)ccc32)c1F. The maximum atomic E-state index is 14.7. The van der Waals surface area contributed by atoms with E-state index in [-0.39, 0.29) is 22.7 Å². The summed E-state index contributed by atoms with van der Waals surface area (Å²) in [4.78, 5) is 0. The lowest BCUT2D eigenvalue weighted by molar-refractivity contribution is 0.285. The second-order valence-corrected chi connectivity index (χ2v) is 6.57. The summed E-state index contributed by atoms with van der Waals surface area (Å²) in [5, 5.41) is 1.06. The minimum atomic E-state index is -0.593. The molecule has 25 heavy (non-hydrogen) atoms. The molecule has 3 nitrogen and oxygen atoms in total. The summed E-state index contributed by atoms with van der Waals surface area (Å²) < 4.78 is 45.8. The Morgan fingerprint density at radius 1 is 0.960 bits per heavy atom. The highest BCUT2D eigenvalue weighted by Gasteiger charge is 2.24. The summed E-state index contributed by atoms with van der Waals surface area (Å²) in [7, 11) is 0. The summed E-state index contributed by atoms with van der Waals surface area (Å²) in [6.07, 6.45) is 4.05. The molecule has 0 unspecified atom stereocenters. The second kappa shape index (κ2) is 6.54. The highest BCUT2D eigenvalue weighted by atomic mass is 19.1. The van der Waals surface area contributed by atoms with Crippen molar-refractivity contribution in [2.24, 2.45) is 5.92 Å². The molecule has 1 fully saturated rings. The first-order valence-corrected chi connectivity index (χ1v) is 8.78. The lowest BCUT2D eigenvalue weighted by Gasteiger charge is -2.06. The number of ether oxygens (including phenoxy) is 2. The van der Waals surface area contributed by atoms with Crippen molar-refractivity contribution in [3.05, 3.63) is 35.9 Å². The number of benzene rings is 2. The van der Waals surface area contributed by atoms with Gasteiger partial charge in [0.25, 0.3) is 0 Å². The van der Waals surface area contributed by atoms with Gasteiger partial charge in [-0.1, -0.05) is 13.3 Å². The highest BCUT2D eigenvalue weighted by Crippen LogP contribution is 2.38. The Balaban J connectivity index is 1.71. The average Bonchev–Trinajstić information content (AvgIpc) is 3.36. The lowest BCUT2D eigenvalue weighted by Crippen LogP contribution is -2.00. The van der Waals surface area contributed by atoms with E-state index in [1.807, 2.05) is 6.92 Å². The van der Waals surface area contributed by atoms with Crippen LogP contribution in [0.4, 0.5) is 8.78 Å². The molecule has 1 saturated carbocycles. The molecule has 0 atom stereocenters. The van der Waals surface area contributed by atoms with Gasteiger partial charge in [-0.25, -0.2) is 0 Å². The van der Waals surface area contributed by atoms with Crippen LogP contribution in [0.3, 0.4) is 0 Å². The Morgan fingerprint density at radius 3 is 2.12 bits per heavy atom. The molecule has 132 valence electrons. The summed E-state index contributed by atoms with van der Waals surface area (Å²) in [5.41, 5.74) is 0.0372. The topological polar surface area (TPSA) is 31.6 Å². The van der Waals surface area contributed by atoms with E-state index in [0.29, 0.717) is 29.9 Å². The normalized spacial score (nSPS) is 14.4. The van der Waals surface area contributed by atoms with Crippen molar-refractivity contribution in [2.75, 3.05) is 13.2 Å². The van der Waals surface area contributed by atoms with E-state index in [9.17, 15) is 8.78 Å². The minimum absolute atomic E-state index is 0.0160. The molecular weight excluding hydrogens is 326 g/mol. The van der Waals surface area contributed by atoms with Crippen molar-refractivity contribution in [3.8, 4) is 11.5 Å². The van der Waals surface area contributed by atoms with Crippen molar-refractivity contribution < 1.29 is 22.7 Å². The van der Waals surface area contributed by atoms with E-state index >= 15 is 0 Å². The fourth-order valence-electron chi connectivity index (χ4n) is 2.84. The van der Waals surface area contributed by atoms with Crippen molar-refractivity contribution in [2.45, 2.75) is 32.6 Å². The highest BCUT2D eigenvalue weighted by molar-refractivity contribution is 6.06. The first-order valence-electron chi connectivity index (χ1n) is 8.78. The zero-order valence-corrected chi connectivity index (χ0v) is 14.1. The van der Waals surface area contributed by atoms with Gasteiger partial charge in [-0.3, -0.25) is 0 Å². The number of furan rings is 1. The molecule has 0 aliphatic heterocycles. The van der Waals surface area contributed by atoms with Crippen LogP contribution in [0.15, 0.2) is 28.7 Å². The Kier molecular flexibility index (Phi) is 4.24. The number of rotatable bonds is 7. The number of hydrogen-bond acceptors (Lipinski definition) is 3. The first kappa shape index (κ1) is 16.2. The third-order valence-corrected chi connectivity index (χ3v) is 4.54. The molecule has 1 heterocycles. The summed E-state index contributed by atoms with van der Waals surface area (Å²) in [6, 6.07) is 6.56. The van der Waals surface area contributed by atoms with E-state index in [1.165, 1.54) is 0 Å². The van der Waals surface area contributed by atoms with Crippen LogP contribution >= 0.6 is 0 Å². The van der Waals surface area contributed by atoms with Crippen LogP contribution in [0.25, 0.3) is 21.9 Å². The Labute approximate surface area is 144 Å². The maximum absolute atomic E-state index is 14.7. The van der Waals surface area contributed by atoms with Gasteiger partial charge in [0.2, 0.25) is 11.6 Å². The Morgan fingerprint density at radius 2 is 1.56 bits per heavy atom. The third kappa shape index (κ3) is 3.03. The molecule has 3 aromatic rings. The van der Waals surface area contributed by atoms with Crippen molar-refractivity contribution in [1.29, 1.82) is 0 Å². The molecule has 5 heteroatoms. The van der Waals surface area contributed by atoms with Crippen LogP contribution in [-0.2, 0) is 0 Å². The van der Waals surface area contributed by atoms with Gasteiger partial charge in [0.1, 0.15) is 0 Å². The summed E-state index contributed by atoms with van der Waals surface area (Å²) in [5.74, 6) is -0.373. The monoisotopic (exact) mass is 346 g/mol. The van der Waals surface area contributed by atoms with Crippen molar-refractivity contribution >= 4 is 21.9 Å². The van der Waals surface area contributed by atoms with Crippen LogP contribution in [0.2, 0.25) is 0 Å². The van der Waals surface area contributed by atoms with Gasteiger partial charge < -0.3 is 13.9 Å². The predicted octanol–water partition coefficient (Wildman–Crippen LogP) is 5.83. The largest absolute Gasteiger partial charge is 0.490 e. The van der Waals surface area contributed by atoms with Crippen molar-refractivity contribution in [1.82, 2.24) is 0 Å². The van der Waals surface area contributed by atoms with Gasteiger partial charge in [0, 0.05) is 10.8 Å². The minimum Gasteiger partial charge on any atom is -0.490 e. The quantitative estimate of drug-likeness (QED) is 0.504. The molecule has 0 amide bonds. The second-order valence-electron chi connectivity index (χ2n) is 6.57. The van der Waals surface area contributed by atoms with Gasteiger partial charge >= 0.3 is 0 Å². The van der Waals surface area contributed by atoms with E-state index in [0.717, 1.165) is 25.7 Å². The van der Waals surface area contributed by atoms with E-state index in [2.05, 4.69) is 0 Å². The maximum Gasteiger partial charge on any atom is 0.208 e. The fraction of sp³-hybridized carbons (Fsp3) is 0.400. The lowest BCUT2D eigenvalue weighted by atomic mass is 10.1. The van der Waals surface area contributed by atoms with Crippen LogP contribution in [0, 0.1) is 17.6 Å².